The third kappa shape index (κ3) is 3.69. The van der Waals surface area contributed by atoms with E-state index in [-0.39, 0.29) is 17.8 Å². The smallest absolute Gasteiger partial charge is 0.418 e. The van der Waals surface area contributed by atoms with Crippen LogP contribution in [0.4, 0.5) is 9.18 Å². The Balaban J connectivity index is 1.66. The van der Waals surface area contributed by atoms with Crippen molar-refractivity contribution in [2.45, 2.75) is 25.0 Å². The number of imidazole rings is 1. The Bertz CT molecular complexity index is 1500. The van der Waals surface area contributed by atoms with Crippen molar-refractivity contribution in [2.75, 3.05) is 0 Å². The van der Waals surface area contributed by atoms with Gasteiger partial charge in [-0.05, 0) is 48.4 Å². The highest BCUT2D eigenvalue weighted by Gasteiger charge is 2.59. The molecule has 4 aromatic rings. The molecule has 9 heteroatoms. The summed E-state index contributed by atoms with van der Waals surface area (Å²) in [5, 5.41) is 9.39. The van der Waals surface area contributed by atoms with Crippen molar-refractivity contribution in [2.24, 2.45) is 7.05 Å². The number of rotatable bonds is 6. The van der Waals surface area contributed by atoms with Crippen LogP contribution in [0.3, 0.4) is 0 Å². The molecule has 3 aromatic carbocycles. The largest absolute Gasteiger partial charge is 0.478 e. The van der Waals surface area contributed by atoms with Gasteiger partial charge in [0, 0.05) is 13.5 Å². The molecule has 0 unspecified atom stereocenters. The van der Waals surface area contributed by atoms with Crippen LogP contribution in [0, 0.1) is 5.82 Å². The van der Waals surface area contributed by atoms with E-state index in [9.17, 15) is 23.9 Å². The first kappa shape index (κ1) is 23.2. The molecule has 0 saturated carbocycles. The highest BCUT2D eigenvalue weighted by molar-refractivity contribution is 6.04. The number of hydrogen-bond acceptors (Lipinski definition) is 5. The van der Waals surface area contributed by atoms with Gasteiger partial charge in [-0.25, -0.2) is 23.9 Å². The number of carbonyl (C=O) groups is 3. The normalized spacial score (nSPS) is 18.5. The maximum Gasteiger partial charge on any atom is 0.418 e. The molecule has 2 heterocycles. The van der Waals surface area contributed by atoms with Gasteiger partial charge in [0.2, 0.25) is 0 Å². The van der Waals surface area contributed by atoms with Crippen LogP contribution in [0.1, 0.15) is 40.3 Å². The summed E-state index contributed by atoms with van der Waals surface area (Å²) in [4.78, 5) is 44.4. The van der Waals surface area contributed by atoms with Gasteiger partial charge in [-0.3, -0.25) is 4.79 Å². The number of amides is 2. The maximum absolute atomic E-state index is 14.1. The topological polar surface area (TPSA) is 102 Å². The molecule has 1 N–H and O–H groups in total. The highest BCUT2D eigenvalue weighted by atomic mass is 19.1. The molecule has 8 nitrogen and oxygen atoms in total. The quantitative estimate of drug-likeness (QED) is 0.427. The van der Waals surface area contributed by atoms with E-state index in [1.54, 1.807) is 24.6 Å². The SMILES string of the molecule is C[C@H](c1ccc(F)cc1)N1C(=O)O[C@](Cc2ccccc2)(c2nc3cc(C(=O)O)ccc3n2C)C1=O. The minimum absolute atomic E-state index is 0.0218. The highest BCUT2D eigenvalue weighted by Crippen LogP contribution is 2.41. The summed E-state index contributed by atoms with van der Waals surface area (Å²) in [6.07, 6.45) is -0.820. The first-order valence-electron chi connectivity index (χ1n) is 11.3. The zero-order valence-corrected chi connectivity index (χ0v) is 19.5. The number of carboxylic acid groups (broad SMARTS) is 1. The number of benzene rings is 3. The Kier molecular flexibility index (Phi) is 5.55. The Morgan fingerprint density at radius 1 is 1.08 bits per heavy atom. The van der Waals surface area contributed by atoms with Crippen LogP contribution in [-0.2, 0) is 28.6 Å². The van der Waals surface area contributed by atoms with Gasteiger partial charge in [0.25, 0.3) is 11.5 Å². The zero-order chi connectivity index (χ0) is 25.6. The van der Waals surface area contributed by atoms with Gasteiger partial charge in [-0.15, -0.1) is 0 Å². The molecule has 1 aliphatic rings. The first-order valence-corrected chi connectivity index (χ1v) is 11.3. The van der Waals surface area contributed by atoms with Gasteiger partial charge in [-0.1, -0.05) is 42.5 Å². The molecule has 0 bridgehead atoms. The van der Waals surface area contributed by atoms with Gasteiger partial charge in [-0.2, -0.15) is 0 Å². The van der Waals surface area contributed by atoms with Crippen molar-refractivity contribution in [3.8, 4) is 0 Å². The van der Waals surface area contributed by atoms with Crippen LogP contribution < -0.4 is 0 Å². The fourth-order valence-corrected chi connectivity index (χ4v) is 4.65. The molecule has 1 fully saturated rings. The van der Waals surface area contributed by atoms with E-state index >= 15 is 0 Å². The first-order chi connectivity index (χ1) is 17.2. The number of aryl methyl sites for hydroxylation is 1. The second kappa shape index (κ2) is 8.60. The van der Waals surface area contributed by atoms with Crippen molar-refractivity contribution < 1.29 is 28.6 Å². The minimum atomic E-state index is -1.79. The molecular formula is C27H22FN3O5. The van der Waals surface area contributed by atoms with Crippen molar-refractivity contribution in [1.29, 1.82) is 0 Å². The van der Waals surface area contributed by atoms with Crippen LogP contribution in [0.15, 0.2) is 72.8 Å². The standard InChI is InChI=1S/C27H22FN3O5/c1-16(18-8-11-20(28)12-9-18)31-25(34)27(36-26(31)35,15-17-6-4-3-5-7-17)24-29-21-14-19(23(32)33)10-13-22(21)30(24)2/h3-14,16H,15H2,1-2H3,(H,32,33)/t16-,27-/m1/s1. The Hall–Kier alpha value is -4.53. The summed E-state index contributed by atoms with van der Waals surface area (Å²) >= 11 is 0. The number of nitrogens with zero attached hydrogens (tertiary/aromatic N) is 3. The summed E-state index contributed by atoms with van der Waals surface area (Å²) in [5.41, 5.74) is 0.501. The lowest BCUT2D eigenvalue weighted by atomic mass is 9.91. The average Bonchev–Trinajstić information content (AvgIpc) is 3.33. The van der Waals surface area contributed by atoms with Gasteiger partial charge < -0.3 is 14.4 Å². The number of imide groups is 1. The summed E-state index contributed by atoms with van der Waals surface area (Å²) < 4.78 is 21.0. The van der Waals surface area contributed by atoms with Crippen LogP contribution in [0.5, 0.6) is 0 Å². The van der Waals surface area contributed by atoms with Crippen molar-refractivity contribution in [3.63, 3.8) is 0 Å². The number of fused-ring (bicyclic) bond motifs is 1. The predicted molar refractivity (Wildman–Crippen MR) is 128 cm³/mol. The summed E-state index contributed by atoms with van der Waals surface area (Å²) in [7, 11) is 1.69. The third-order valence-corrected chi connectivity index (χ3v) is 6.55. The molecule has 1 saturated heterocycles. The van der Waals surface area contributed by atoms with E-state index in [1.807, 2.05) is 30.3 Å². The number of aromatic carboxylic acids is 1. The van der Waals surface area contributed by atoms with Gasteiger partial charge >= 0.3 is 12.1 Å². The fourth-order valence-electron chi connectivity index (χ4n) is 4.65. The van der Waals surface area contributed by atoms with E-state index in [0.29, 0.717) is 16.6 Å². The minimum Gasteiger partial charge on any atom is -0.478 e. The number of halogens is 1. The molecule has 1 aromatic heterocycles. The van der Waals surface area contributed by atoms with E-state index in [2.05, 4.69) is 4.98 Å². The Morgan fingerprint density at radius 3 is 2.44 bits per heavy atom. The molecule has 5 rings (SSSR count). The van der Waals surface area contributed by atoms with E-state index in [1.165, 1.54) is 36.4 Å². The van der Waals surface area contributed by atoms with E-state index in [4.69, 9.17) is 4.74 Å². The van der Waals surface area contributed by atoms with Gasteiger partial charge in [0.1, 0.15) is 5.82 Å². The van der Waals surface area contributed by atoms with Crippen molar-refractivity contribution >= 4 is 29.0 Å². The monoisotopic (exact) mass is 487 g/mol. The van der Waals surface area contributed by atoms with Gasteiger partial charge in [0.05, 0.1) is 22.6 Å². The van der Waals surface area contributed by atoms with Crippen LogP contribution >= 0.6 is 0 Å². The van der Waals surface area contributed by atoms with E-state index < -0.39 is 35.4 Å². The second-order valence-electron chi connectivity index (χ2n) is 8.76. The summed E-state index contributed by atoms with van der Waals surface area (Å²) in [5.74, 6) is -1.97. The number of ether oxygens (including phenoxy) is 1. The third-order valence-electron chi connectivity index (χ3n) is 6.55. The number of aromatic nitrogens is 2. The van der Waals surface area contributed by atoms with Crippen molar-refractivity contribution in [3.05, 3.63) is 101 Å². The van der Waals surface area contributed by atoms with Crippen LogP contribution in [-0.4, -0.2) is 37.5 Å². The fraction of sp³-hybridized carbons (Fsp3) is 0.185. The molecule has 0 spiro atoms. The Morgan fingerprint density at radius 2 is 1.78 bits per heavy atom. The number of hydrogen-bond donors (Lipinski definition) is 1. The number of carboxylic acids is 1. The zero-order valence-electron chi connectivity index (χ0n) is 19.5. The molecule has 1 aliphatic heterocycles. The second-order valence-corrected chi connectivity index (χ2v) is 8.76. The molecule has 182 valence electrons. The molecular weight excluding hydrogens is 465 g/mol. The number of carbonyl (C=O) groups excluding carboxylic acids is 2. The lowest BCUT2D eigenvalue weighted by molar-refractivity contribution is -0.139. The molecule has 0 radical (unpaired) electrons. The average molecular weight is 487 g/mol. The lowest BCUT2D eigenvalue weighted by Gasteiger charge is -2.26. The molecule has 0 aliphatic carbocycles. The van der Waals surface area contributed by atoms with Crippen molar-refractivity contribution in [1.82, 2.24) is 14.5 Å². The van der Waals surface area contributed by atoms with E-state index in [0.717, 1.165) is 10.5 Å². The molecule has 2 atom stereocenters. The Labute approximate surface area is 205 Å². The molecule has 2 amide bonds. The lowest BCUT2D eigenvalue weighted by Crippen LogP contribution is -2.43. The maximum atomic E-state index is 14.1. The van der Waals surface area contributed by atoms with Crippen LogP contribution in [0.25, 0.3) is 11.0 Å². The van der Waals surface area contributed by atoms with Crippen LogP contribution in [0.2, 0.25) is 0 Å². The van der Waals surface area contributed by atoms with Gasteiger partial charge in [0.15, 0.2) is 5.82 Å². The number of cyclic esters (lactones) is 1. The predicted octanol–water partition coefficient (Wildman–Crippen LogP) is 4.59. The molecule has 36 heavy (non-hydrogen) atoms. The summed E-state index contributed by atoms with van der Waals surface area (Å²) in [6, 6.07) is 18.4. The summed E-state index contributed by atoms with van der Waals surface area (Å²) in [6.45, 7) is 1.67.